The molecule has 0 aliphatic rings. The number of ether oxygens (including phenoxy) is 1. The number of carboxylic acid groups (broad SMARTS) is 1. The third-order valence-electron chi connectivity index (χ3n) is 1.54. The van der Waals surface area contributed by atoms with Gasteiger partial charge in [-0.3, -0.25) is 0 Å². The van der Waals surface area contributed by atoms with E-state index < -0.39 is 23.7 Å². The number of hydrogen-bond acceptors (Lipinski definition) is 4. The van der Waals surface area contributed by atoms with Gasteiger partial charge in [0.1, 0.15) is 11.6 Å². The van der Waals surface area contributed by atoms with Crippen molar-refractivity contribution in [3.63, 3.8) is 0 Å². The van der Waals surface area contributed by atoms with E-state index in [0.717, 1.165) is 0 Å². The molecule has 0 spiro atoms. The number of carbonyl (C=O) groups is 2. The molecule has 0 bridgehead atoms. The predicted octanol–water partition coefficient (Wildman–Crippen LogP) is -0.123. The molecule has 1 amide bonds. The first-order valence-electron chi connectivity index (χ1n) is 4.99. The molecule has 1 atom stereocenters. The first-order chi connectivity index (χ1) is 7.11. The summed E-state index contributed by atoms with van der Waals surface area (Å²) in [7, 11) is 3.46. The minimum absolute atomic E-state index is 0. The van der Waals surface area contributed by atoms with Crippen molar-refractivity contribution in [2.24, 2.45) is 0 Å². The molecule has 0 unspecified atom stereocenters. The Hall–Kier alpha value is 0.336. The number of nitrogens with one attached hydrogen (secondary N) is 1. The molecule has 6 nitrogen and oxygen atoms in total. The number of alkyl carbamates (subject to hydrolysis) is 1. The topological polar surface area (TPSA) is 78.9 Å². The number of aliphatic carboxylic acids is 1. The summed E-state index contributed by atoms with van der Waals surface area (Å²) in [5.74, 6) is -1.08. The van der Waals surface area contributed by atoms with Crippen molar-refractivity contribution >= 4 is 63.4 Å². The molecule has 0 fully saturated rings. The van der Waals surface area contributed by atoms with Gasteiger partial charge in [-0.15, -0.1) is 0 Å². The Morgan fingerprint density at radius 3 is 2.12 bits per heavy atom. The third kappa shape index (κ3) is 11.2. The van der Waals surface area contributed by atoms with Gasteiger partial charge in [0.05, 0.1) is 0 Å². The van der Waals surface area contributed by atoms with Crippen LogP contribution in [0.15, 0.2) is 0 Å². The number of carboxylic acids is 1. The van der Waals surface area contributed by atoms with E-state index in [1.54, 1.807) is 39.8 Å². The average Bonchev–Trinajstić information content (AvgIpc) is 1.97. The summed E-state index contributed by atoms with van der Waals surface area (Å²) >= 11 is 0. The second-order valence-electron chi connectivity index (χ2n) is 4.80. The van der Waals surface area contributed by atoms with Crippen LogP contribution < -0.4 is 5.32 Å². The molecule has 7 heteroatoms. The molecule has 0 saturated heterocycles. The fourth-order valence-electron chi connectivity index (χ4n) is 1.00. The van der Waals surface area contributed by atoms with Crippen molar-refractivity contribution in [1.82, 2.24) is 10.2 Å². The van der Waals surface area contributed by atoms with Gasteiger partial charge in [0.25, 0.3) is 0 Å². The van der Waals surface area contributed by atoms with Crippen LogP contribution in [0.25, 0.3) is 0 Å². The number of amides is 1. The Morgan fingerprint density at radius 1 is 1.35 bits per heavy atom. The molecule has 0 rings (SSSR count). The first kappa shape index (κ1) is 19.7. The molecule has 0 radical (unpaired) electrons. The van der Waals surface area contributed by atoms with Gasteiger partial charge < -0.3 is 20.1 Å². The van der Waals surface area contributed by atoms with Gasteiger partial charge in [0.15, 0.2) is 0 Å². The molecule has 0 aliphatic carbocycles. The molecular weight excluding hydrogens is 251 g/mol. The Kier molecular flexibility index (Phi) is 9.77. The van der Waals surface area contributed by atoms with E-state index in [1.807, 2.05) is 0 Å². The van der Waals surface area contributed by atoms with Crippen LogP contribution in [0.1, 0.15) is 20.8 Å². The number of nitrogens with zero attached hydrogens (tertiary/aromatic N) is 1. The van der Waals surface area contributed by atoms with Gasteiger partial charge in [-0.05, 0) is 34.9 Å². The van der Waals surface area contributed by atoms with Crippen LogP contribution in [-0.4, -0.2) is 106 Å². The van der Waals surface area contributed by atoms with E-state index in [2.05, 4.69) is 5.32 Å². The van der Waals surface area contributed by atoms with Crippen LogP contribution in [0.3, 0.4) is 0 Å². The molecule has 0 aromatic carbocycles. The molecule has 96 valence electrons. The Morgan fingerprint density at radius 2 is 1.82 bits per heavy atom. The molecule has 2 N–H and O–H groups in total. The number of likely N-dealkylation sites (N-methyl/N-ethyl adjacent to an activating group) is 1. The van der Waals surface area contributed by atoms with E-state index in [9.17, 15) is 9.59 Å². The fraction of sp³-hybridized carbons (Fsp3) is 0.800. The fourth-order valence-corrected chi connectivity index (χ4v) is 1.00. The summed E-state index contributed by atoms with van der Waals surface area (Å²) in [5.41, 5.74) is -0.634. The summed E-state index contributed by atoms with van der Waals surface area (Å²) in [6.07, 6.45) is -0.721. The van der Waals surface area contributed by atoms with E-state index >= 15 is 0 Å². The first-order valence-corrected chi connectivity index (χ1v) is 4.99. The van der Waals surface area contributed by atoms with E-state index in [1.165, 1.54) is 0 Å². The quantitative estimate of drug-likeness (QED) is 0.697. The van der Waals surface area contributed by atoms with Crippen molar-refractivity contribution < 1.29 is 19.4 Å². The zero-order chi connectivity index (χ0) is 12.9. The standard InChI is InChI=1S/C10H20N2O4.K.H/c1-10(2,3)16-9(15)11-7(8(13)14)6-12(4)5;;/h7H,6H2,1-5H3,(H,11,15)(H,13,14);;/t7-;;/m1../s1. The summed E-state index contributed by atoms with van der Waals surface area (Å²) in [4.78, 5) is 23.9. The maximum absolute atomic E-state index is 11.3. The van der Waals surface area contributed by atoms with Crippen LogP contribution in [0.5, 0.6) is 0 Å². The normalized spacial score (nSPS) is 12.6. The van der Waals surface area contributed by atoms with Crippen LogP contribution in [-0.2, 0) is 9.53 Å². The molecular formula is C10H21KN2O4. The second-order valence-corrected chi connectivity index (χ2v) is 4.80. The summed E-state index contributed by atoms with van der Waals surface area (Å²) < 4.78 is 4.97. The van der Waals surface area contributed by atoms with Crippen LogP contribution >= 0.6 is 0 Å². The monoisotopic (exact) mass is 272 g/mol. The van der Waals surface area contributed by atoms with Crippen LogP contribution in [0.4, 0.5) is 4.79 Å². The van der Waals surface area contributed by atoms with Crippen molar-refractivity contribution in [2.45, 2.75) is 32.4 Å². The van der Waals surface area contributed by atoms with Gasteiger partial charge in [-0.1, -0.05) is 0 Å². The summed E-state index contributed by atoms with van der Waals surface area (Å²) in [6.45, 7) is 5.37. The van der Waals surface area contributed by atoms with Gasteiger partial charge >= 0.3 is 63.4 Å². The molecule has 17 heavy (non-hydrogen) atoms. The van der Waals surface area contributed by atoms with Crippen LogP contribution in [0.2, 0.25) is 0 Å². The van der Waals surface area contributed by atoms with Crippen molar-refractivity contribution in [2.75, 3.05) is 20.6 Å². The number of carbonyl (C=O) groups excluding carboxylic acids is 1. The predicted molar refractivity (Wildman–Crippen MR) is 66.5 cm³/mol. The van der Waals surface area contributed by atoms with Gasteiger partial charge in [-0.25, -0.2) is 9.59 Å². The Bertz CT molecular complexity index is 264. The van der Waals surface area contributed by atoms with Gasteiger partial charge in [0, 0.05) is 6.54 Å². The van der Waals surface area contributed by atoms with E-state index in [0.29, 0.717) is 0 Å². The Balaban J connectivity index is 0. The maximum atomic E-state index is 11.3. The van der Waals surface area contributed by atoms with E-state index in [-0.39, 0.29) is 57.9 Å². The average molecular weight is 272 g/mol. The van der Waals surface area contributed by atoms with Crippen molar-refractivity contribution in [3.05, 3.63) is 0 Å². The van der Waals surface area contributed by atoms with Gasteiger partial charge in [0.2, 0.25) is 0 Å². The van der Waals surface area contributed by atoms with Gasteiger partial charge in [-0.2, -0.15) is 0 Å². The zero-order valence-electron chi connectivity index (χ0n) is 10.4. The number of rotatable bonds is 4. The molecule has 0 aromatic heterocycles. The molecule has 0 aromatic rings. The van der Waals surface area contributed by atoms with Crippen molar-refractivity contribution in [1.29, 1.82) is 0 Å². The zero-order valence-corrected chi connectivity index (χ0v) is 10.4. The second kappa shape index (κ2) is 8.44. The molecule has 0 heterocycles. The van der Waals surface area contributed by atoms with E-state index in [4.69, 9.17) is 9.84 Å². The summed E-state index contributed by atoms with van der Waals surface area (Å²) in [6, 6.07) is -0.968. The van der Waals surface area contributed by atoms with Crippen molar-refractivity contribution in [3.8, 4) is 0 Å². The summed E-state index contributed by atoms with van der Waals surface area (Å²) in [5, 5.41) is 11.2. The molecule has 0 saturated carbocycles. The van der Waals surface area contributed by atoms with Crippen LogP contribution in [0, 0.1) is 0 Å². The third-order valence-corrected chi connectivity index (χ3v) is 1.54. The minimum atomic E-state index is -1.08. The SMILES string of the molecule is CN(C)C[C@@H](NC(=O)OC(C)(C)C)C(=O)O.[KH]. The molecule has 0 aliphatic heterocycles. The number of hydrogen-bond donors (Lipinski definition) is 2. The Labute approximate surface area is 144 Å².